The molecule has 248 valence electrons. The number of hydrogen-bond donors (Lipinski definition) is 4. The minimum Gasteiger partial charge on any atom is -0.462 e. The van der Waals surface area contributed by atoms with E-state index in [1.54, 1.807) is 0 Å². The van der Waals surface area contributed by atoms with Crippen molar-refractivity contribution in [3.05, 3.63) is 0 Å². The first-order valence-corrected chi connectivity index (χ1v) is 17.2. The molecule has 4 N–H and O–H groups in total. The van der Waals surface area contributed by atoms with Gasteiger partial charge in [-0.25, -0.2) is 0 Å². The highest BCUT2D eigenvalue weighted by atomic mass is 32.2. The molecule has 0 saturated carbocycles. The summed E-state index contributed by atoms with van der Waals surface area (Å²) in [6.45, 7) is 3.59. The van der Waals surface area contributed by atoms with Gasteiger partial charge in [-0.2, -0.15) is 8.42 Å². The molecule has 1 fully saturated rings. The first kappa shape index (κ1) is 38.7. The fourth-order valence-corrected chi connectivity index (χ4v) is 5.36. The van der Waals surface area contributed by atoms with Crippen molar-refractivity contribution in [2.75, 3.05) is 19.0 Å². The maximum atomic E-state index is 12.5. The maximum Gasteiger partial charge on any atom is 0.306 e. The number of unbranched alkanes of at least 4 members (excludes halogenated alkanes) is 12. The van der Waals surface area contributed by atoms with E-state index < -0.39 is 71.2 Å². The van der Waals surface area contributed by atoms with Gasteiger partial charge >= 0.3 is 11.9 Å². The molecule has 6 atom stereocenters. The average molecular weight is 627 g/mol. The molecule has 0 spiro atoms. The predicted octanol–water partition coefficient (Wildman–Crippen LogP) is 3.43. The highest BCUT2D eigenvalue weighted by Crippen LogP contribution is 2.23. The van der Waals surface area contributed by atoms with Gasteiger partial charge in [0, 0.05) is 12.8 Å². The smallest absolute Gasteiger partial charge is 0.306 e. The molecule has 0 aliphatic carbocycles. The molecular weight excluding hydrogens is 572 g/mol. The normalized spacial score (nSPS) is 23.4. The van der Waals surface area contributed by atoms with Crippen molar-refractivity contribution in [1.29, 1.82) is 0 Å². The minimum atomic E-state index is -4.58. The third-order valence-corrected chi connectivity index (χ3v) is 7.94. The second kappa shape index (κ2) is 22.2. The summed E-state index contributed by atoms with van der Waals surface area (Å²) in [6, 6.07) is 0. The van der Waals surface area contributed by atoms with Gasteiger partial charge in [0.05, 0.1) is 6.61 Å². The molecule has 0 aromatic carbocycles. The van der Waals surface area contributed by atoms with E-state index in [0.29, 0.717) is 12.8 Å². The van der Waals surface area contributed by atoms with Crippen LogP contribution in [0.2, 0.25) is 0 Å². The molecule has 2 unspecified atom stereocenters. The van der Waals surface area contributed by atoms with E-state index in [9.17, 15) is 33.3 Å². The van der Waals surface area contributed by atoms with Crippen molar-refractivity contribution in [2.45, 2.75) is 153 Å². The number of aliphatic hydroxyl groups excluding tert-OH is 3. The molecule has 1 heterocycles. The van der Waals surface area contributed by atoms with Gasteiger partial charge in [0.1, 0.15) is 36.8 Å². The minimum absolute atomic E-state index is 0.167. The molecule has 1 rings (SSSR count). The van der Waals surface area contributed by atoms with E-state index in [1.807, 2.05) is 0 Å². The summed E-state index contributed by atoms with van der Waals surface area (Å²) in [5, 5.41) is 30.5. The molecule has 0 radical (unpaired) electrons. The zero-order chi connectivity index (χ0) is 31.4. The monoisotopic (exact) mass is 626 g/mol. The summed E-state index contributed by atoms with van der Waals surface area (Å²) in [6.07, 6.45) is 5.22. The van der Waals surface area contributed by atoms with Gasteiger partial charge in [-0.3, -0.25) is 14.1 Å². The zero-order valence-electron chi connectivity index (χ0n) is 25.4. The summed E-state index contributed by atoms with van der Waals surface area (Å²) in [5.41, 5.74) is 0. The van der Waals surface area contributed by atoms with Gasteiger partial charge < -0.3 is 34.3 Å². The lowest BCUT2D eigenvalue weighted by molar-refractivity contribution is -0.297. The Morgan fingerprint density at radius 2 is 1.21 bits per heavy atom. The van der Waals surface area contributed by atoms with Crippen LogP contribution >= 0.6 is 0 Å². The molecular formula is C29H54O12S. The van der Waals surface area contributed by atoms with Gasteiger partial charge in [-0.05, 0) is 12.8 Å². The Balaban J connectivity index is 2.64. The SMILES string of the molecule is CCCCCCCCCC(=O)OC[C@H](CO[C@H]1O[C@H](CS(=O)(=O)O)[C@@H](O)C(O)C1O)OC(=O)CCCCCCCCC. The standard InChI is InChI=1S/C29H54O12S/c1-3-5-7-9-11-13-15-17-24(30)38-19-22(40-25(31)18-16-14-12-10-8-6-4-2)20-39-29-28(34)27(33)26(32)23(41-29)21-42(35,36)37/h22-23,26-29,32-34H,3-21H2,1-2H3,(H,35,36,37)/t22-,23-,26-,27?,28?,29+/m1/s1. The molecule has 13 heteroatoms. The van der Waals surface area contributed by atoms with Gasteiger partial charge in [0.2, 0.25) is 0 Å². The van der Waals surface area contributed by atoms with E-state index in [0.717, 1.165) is 51.4 Å². The quantitative estimate of drug-likeness (QED) is 0.0696. The van der Waals surface area contributed by atoms with Crippen molar-refractivity contribution in [2.24, 2.45) is 0 Å². The number of rotatable bonds is 24. The van der Waals surface area contributed by atoms with Crippen molar-refractivity contribution in [3.63, 3.8) is 0 Å². The lowest BCUT2D eigenvalue weighted by atomic mass is 10.00. The zero-order valence-corrected chi connectivity index (χ0v) is 26.2. The van der Waals surface area contributed by atoms with Crippen LogP contribution in [0.5, 0.6) is 0 Å². The van der Waals surface area contributed by atoms with Crippen LogP contribution in [-0.4, -0.2) is 96.0 Å². The Kier molecular flexibility index (Phi) is 20.4. The number of aliphatic hydroxyl groups is 3. The van der Waals surface area contributed by atoms with E-state index >= 15 is 0 Å². The average Bonchev–Trinajstić information content (AvgIpc) is 2.93. The second-order valence-corrected chi connectivity index (χ2v) is 12.6. The lowest BCUT2D eigenvalue weighted by Gasteiger charge is -2.40. The number of hydrogen-bond acceptors (Lipinski definition) is 11. The van der Waals surface area contributed by atoms with E-state index in [2.05, 4.69) is 13.8 Å². The van der Waals surface area contributed by atoms with Gasteiger partial charge in [-0.1, -0.05) is 90.9 Å². The van der Waals surface area contributed by atoms with Crippen LogP contribution in [0.15, 0.2) is 0 Å². The Bertz CT molecular complexity index is 836. The van der Waals surface area contributed by atoms with Crippen LogP contribution in [0.4, 0.5) is 0 Å². The molecule has 1 saturated heterocycles. The lowest BCUT2D eigenvalue weighted by Crippen LogP contribution is -2.60. The molecule has 0 amide bonds. The summed E-state index contributed by atoms with van der Waals surface area (Å²) in [5.74, 6) is -1.99. The first-order valence-electron chi connectivity index (χ1n) is 15.6. The summed E-state index contributed by atoms with van der Waals surface area (Å²) >= 11 is 0. The Labute approximate surface area is 251 Å². The molecule has 12 nitrogen and oxygen atoms in total. The van der Waals surface area contributed by atoms with E-state index in [4.69, 9.17) is 23.5 Å². The molecule has 0 aromatic heterocycles. The van der Waals surface area contributed by atoms with E-state index in [-0.39, 0.29) is 19.4 Å². The number of carbonyl (C=O) groups is 2. The van der Waals surface area contributed by atoms with Crippen LogP contribution in [0, 0.1) is 0 Å². The van der Waals surface area contributed by atoms with Crippen LogP contribution in [0.3, 0.4) is 0 Å². The maximum absolute atomic E-state index is 12.5. The summed E-state index contributed by atoms with van der Waals surface area (Å²) < 4.78 is 53.3. The van der Waals surface area contributed by atoms with Crippen molar-refractivity contribution < 1.29 is 56.8 Å². The third kappa shape index (κ3) is 17.7. The Morgan fingerprint density at radius 3 is 1.74 bits per heavy atom. The summed E-state index contributed by atoms with van der Waals surface area (Å²) in [7, 11) is -4.58. The number of ether oxygens (including phenoxy) is 4. The van der Waals surface area contributed by atoms with Crippen LogP contribution < -0.4 is 0 Å². The fraction of sp³-hybridized carbons (Fsp3) is 0.931. The molecule has 0 bridgehead atoms. The predicted molar refractivity (Wildman–Crippen MR) is 155 cm³/mol. The molecule has 1 aliphatic rings. The van der Waals surface area contributed by atoms with E-state index in [1.165, 1.54) is 25.7 Å². The van der Waals surface area contributed by atoms with Crippen LogP contribution in [0.1, 0.15) is 117 Å². The Hall–Kier alpha value is -1.35. The van der Waals surface area contributed by atoms with Crippen LogP contribution in [-0.2, 0) is 38.7 Å². The van der Waals surface area contributed by atoms with Crippen LogP contribution in [0.25, 0.3) is 0 Å². The second-order valence-electron chi connectivity index (χ2n) is 11.1. The highest BCUT2D eigenvalue weighted by Gasteiger charge is 2.46. The first-order chi connectivity index (χ1) is 20.0. The molecule has 0 aromatic rings. The third-order valence-electron chi connectivity index (χ3n) is 7.19. The fourth-order valence-electron chi connectivity index (χ4n) is 4.67. The Morgan fingerprint density at radius 1 is 0.714 bits per heavy atom. The largest absolute Gasteiger partial charge is 0.462 e. The molecule has 42 heavy (non-hydrogen) atoms. The van der Waals surface area contributed by atoms with Crippen molar-refractivity contribution in [1.82, 2.24) is 0 Å². The van der Waals surface area contributed by atoms with Crippen molar-refractivity contribution in [3.8, 4) is 0 Å². The highest BCUT2D eigenvalue weighted by molar-refractivity contribution is 7.85. The van der Waals surface area contributed by atoms with Gasteiger partial charge in [0.15, 0.2) is 12.4 Å². The number of esters is 2. The van der Waals surface area contributed by atoms with Crippen molar-refractivity contribution >= 4 is 22.1 Å². The topological polar surface area (TPSA) is 186 Å². The summed E-state index contributed by atoms with van der Waals surface area (Å²) in [4.78, 5) is 24.8. The molecule has 1 aliphatic heterocycles. The van der Waals surface area contributed by atoms with Gasteiger partial charge in [-0.15, -0.1) is 0 Å². The number of carbonyl (C=O) groups excluding carboxylic acids is 2. The van der Waals surface area contributed by atoms with Gasteiger partial charge in [0.25, 0.3) is 10.1 Å².